The van der Waals surface area contributed by atoms with Gasteiger partial charge in [-0.1, -0.05) is 18.5 Å². The van der Waals surface area contributed by atoms with E-state index in [1.165, 1.54) is 0 Å². The van der Waals surface area contributed by atoms with Gasteiger partial charge in [-0.3, -0.25) is 4.79 Å². The molecule has 0 saturated heterocycles. The van der Waals surface area contributed by atoms with Gasteiger partial charge in [0.15, 0.2) is 11.6 Å². The minimum Gasteiger partial charge on any atom is -0.361 e. The predicted octanol–water partition coefficient (Wildman–Crippen LogP) is 3.93. The lowest BCUT2D eigenvalue weighted by Crippen LogP contribution is -2.10. The van der Waals surface area contributed by atoms with Crippen molar-refractivity contribution in [1.29, 1.82) is 0 Å². The molecule has 0 amide bonds. The molecule has 0 spiro atoms. The summed E-state index contributed by atoms with van der Waals surface area (Å²) >= 11 is 6.07. The molecule has 3 aromatic rings. The van der Waals surface area contributed by atoms with Crippen LogP contribution in [0.25, 0.3) is 10.9 Å². The number of carbonyl (C=O) groups excluding carboxylic acids is 1. The van der Waals surface area contributed by atoms with Crippen LogP contribution in [0.1, 0.15) is 35.4 Å². The molecule has 2 heterocycles. The molecule has 0 saturated carbocycles. The summed E-state index contributed by atoms with van der Waals surface area (Å²) < 4.78 is 1.75. The number of halogens is 1. The van der Waals surface area contributed by atoms with Crippen LogP contribution in [0, 0.1) is 0 Å². The number of benzene rings is 1. The molecule has 4 nitrogen and oxygen atoms in total. The van der Waals surface area contributed by atoms with Crippen molar-refractivity contribution in [2.75, 3.05) is 0 Å². The third-order valence-electron chi connectivity index (χ3n) is 3.77. The molecule has 0 aliphatic heterocycles. The van der Waals surface area contributed by atoms with E-state index in [0.29, 0.717) is 17.3 Å². The monoisotopic (exact) mass is 301 g/mol. The molecule has 108 valence electrons. The Morgan fingerprint density at radius 3 is 3.00 bits per heavy atom. The fourth-order valence-corrected chi connectivity index (χ4v) is 2.81. The van der Waals surface area contributed by atoms with Crippen LogP contribution >= 0.6 is 11.6 Å². The Hall–Kier alpha value is -2.07. The van der Waals surface area contributed by atoms with E-state index in [9.17, 15) is 4.79 Å². The molecule has 21 heavy (non-hydrogen) atoms. The molecule has 1 atom stereocenters. The Bertz CT molecular complexity index is 803. The van der Waals surface area contributed by atoms with Crippen LogP contribution in [0.5, 0.6) is 0 Å². The number of hydrogen-bond donors (Lipinski definition) is 1. The molecular formula is C16H16ClN3O. The van der Waals surface area contributed by atoms with Crippen LogP contribution in [-0.2, 0) is 7.05 Å². The zero-order chi connectivity index (χ0) is 15.0. The maximum absolute atomic E-state index is 12.3. The van der Waals surface area contributed by atoms with Crippen molar-refractivity contribution in [1.82, 2.24) is 14.5 Å². The van der Waals surface area contributed by atoms with Crippen LogP contribution in [-0.4, -0.2) is 20.3 Å². The van der Waals surface area contributed by atoms with Gasteiger partial charge in [0, 0.05) is 48.0 Å². The lowest BCUT2D eigenvalue weighted by molar-refractivity contribution is 0.0963. The number of fused-ring (bicyclic) bond motifs is 1. The van der Waals surface area contributed by atoms with Crippen molar-refractivity contribution < 1.29 is 4.79 Å². The van der Waals surface area contributed by atoms with Crippen LogP contribution in [0.2, 0.25) is 5.02 Å². The molecule has 0 bridgehead atoms. The van der Waals surface area contributed by atoms with Gasteiger partial charge in [-0.2, -0.15) is 0 Å². The number of Topliss-reactive ketones (excluding diaryl/α,β-unsaturated/α-hetero) is 1. The van der Waals surface area contributed by atoms with Crippen molar-refractivity contribution in [3.8, 4) is 0 Å². The molecule has 0 aliphatic rings. The number of ketones is 1. The highest BCUT2D eigenvalue weighted by Gasteiger charge is 2.18. The highest BCUT2D eigenvalue weighted by atomic mass is 35.5. The van der Waals surface area contributed by atoms with Crippen LogP contribution < -0.4 is 0 Å². The van der Waals surface area contributed by atoms with E-state index in [-0.39, 0.29) is 11.7 Å². The summed E-state index contributed by atoms with van der Waals surface area (Å²) in [5.41, 5.74) is 2.14. The first kappa shape index (κ1) is 13.9. The summed E-state index contributed by atoms with van der Waals surface area (Å²) in [7, 11) is 1.83. The smallest absolute Gasteiger partial charge is 0.198 e. The molecule has 0 radical (unpaired) electrons. The minimum atomic E-state index is 0.0476. The Kier molecular flexibility index (Phi) is 3.55. The normalized spacial score (nSPS) is 12.7. The number of carbonyl (C=O) groups is 1. The van der Waals surface area contributed by atoms with E-state index in [1.807, 2.05) is 38.4 Å². The van der Waals surface area contributed by atoms with E-state index in [2.05, 4.69) is 9.97 Å². The van der Waals surface area contributed by atoms with Gasteiger partial charge in [-0.25, -0.2) is 4.98 Å². The van der Waals surface area contributed by atoms with Crippen LogP contribution in [0.15, 0.2) is 36.8 Å². The molecular weight excluding hydrogens is 286 g/mol. The number of H-pyrrole nitrogens is 1. The van der Waals surface area contributed by atoms with Gasteiger partial charge in [0.05, 0.1) is 0 Å². The fourth-order valence-electron chi connectivity index (χ4n) is 2.64. The average molecular weight is 302 g/mol. The first-order valence-corrected chi connectivity index (χ1v) is 7.21. The zero-order valence-corrected chi connectivity index (χ0v) is 12.7. The van der Waals surface area contributed by atoms with Gasteiger partial charge in [0.2, 0.25) is 0 Å². The molecule has 0 fully saturated rings. The van der Waals surface area contributed by atoms with Gasteiger partial charge >= 0.3 is 0 Å². The van der Waals surface area contributed by atoms with Gasteiger partial charge in [0.1, 0.15) is 0 Å². The summed E-state index contributed by atoms with van der Waals surface area (Å²) in [5.74, 6) is 0.646. The maximum Gasteiger partial charge on any atom is 0.198 e. The van der Waals surface area contributed by atoms with E-state index in [4.69, 9.17) is 11.6 Å². The Morgan fingerprint density at radius 1 is 1.48 bits per heavy atom. The first-order valence-electron chi connectivity index (χ1n) is 6.83. The third-order valence-corrected chi connectivity index (χ3v) is 4.00. The Morgan fingerprint density at radius 2 is 2.29 bits per heavy atom. The number of imidazole rings is 1. The Balaban J connectivity index is 1.87. The predicted molar refractivity (Wildman–Crippen MR) is 83.9 cm³/mol. The molecule has 5 heteroatoms. The van der Waals surface area contributed by atoms with Crippen LogP contribution in [0.3, 0.4) is 0 Å². The van der Waals surface area contributed by atoms with Gasteiger partial charge < -0.3 is 9.55 Å². The van der Waals surface area contributed by atoms with Crippen molar-refractivity contribution in [3.05, 3.63) is 53.2 Å². The maximum atomic E-state index is 12.3. The molecule has 1 aromatic carbocycles. The van der Waals surface area contributed by atoms with E-state index >= 15 is 0 Å². The number of aromatic amines is 1. The number of rotatable bonds is 4. The lowest BCUT2D eigenvalue weighted by atomic mass is 9.95. The second kappa shape index (κ2) is 5.37. The van der Waals surface area contributed by atoms with Gasteiger partial charge in [0.25, 0.3) is 0 Å². The average Bonchev–Trinajstić information content (AvgIpc) is 3.04. The largest absolute Gasteiger partial charge is 0.361 e. The quantitative estimate of drug-likeness (QED) is 0.742. The molecule has 1 N–H and O–H groups in total. The fraction of sp³-hybridized carbons (Fsp3) is 0.250. The molecule has 0 aliphatic carbocycles. The SMILES string of the molecule is CC(CC(=O)c1nccn1C)c1c[nH]c2ccc(Cl)cc12. The summed E-state index contributed by atoms with van der Waals surface area (Å²) in [6.07, 6.45) is 5.80. The van der Waals surface area contributed by atoms with E-state index in [0.717, 1.165) is 16.5 Å². The van der Waals surface area contributed by atoms with Crippen molar-refractivity contribution in [2.24, 2.45) is 7.05 Å². The molecule has 3 rings (SSSR count). The van der Waals surface area contributed by atoms with Crippen LogP contribution in [0.4, 0.5) is 0 Å². The topological polar surface area (TPSA) is 50.7 Å². The van der Waals surface area contributed by atoms with Gasteiger partial charge in [-0.15, -0.1) is 0 Å². The Labute approximate surface area is 127 Å². The highest BCUT2D eigenvalue weighted by Crippen LogP contribution is 2.30. The summed E-state index contributed by atoms with van der Waals surface area (Å²) in [6.45, 7) is 2.05. The standard InChI is InChI=1S/C16H16ClN3O/c1-10(7-15(21)16-18-5-6-20(16)2)13-9-19-14-4-3-11(17)8-12(13)14/h3-6,8-10,19H,7H2,1-2H3. The zero-order valence-electron chi connectivity index (χ0n) is 11.9. The second-order valence-corrected chi connectivity index (χ2v) is 5.76. The van der Waals surface area contributed by atoms with Crippen molar-refractivity contribution >= 4 is 28.3 Å². The lowest BCUT2D eigenvalue weighted by Gasteiger charge is -2.10. The van der Waals surface area contributed by atoms with E-state index < -0.39 is 0 Å². The minimum absolute atomic E-state index is 0.0476. The number of aryl methyl sites for hydroxylation is 1. The van der Waals surface area contributed by atoms with Gasteiger partial charge in [-0.05, 0) is 29.7 Å². The highest BCUT2D eigenvalue weighted by molar-refractivity contribution is 6.31. The number of hydrogen-bond acceptors (Lipinski definition) is 2. The molecule has 1 unspecified atom stereocenters. The van der Waals surface area contributed by atoms with Crippen molar-refractivity contribution in [3.63, 3.8) is 0 Å². The molecule has 2 aromatic heterocycles. The third kappa shape index (κ3) is 2.59. The first-order chi connectivity index (χ1) is 10.1. The summed E-state index contributed by atoms with van der Waals surface area (Å²) in [4.78, 5) is 19.7. The van der Waals surface area contributed by atoms with Crippen molar-refractivity contribution in [2.45, 2.75) is 19.3 Å². The van der Waals surface area contributed by atoms with E-state index in [1.54, 1.807) is 17.0 Å². The second-order valence-electron chi connectivity index (χ2n) is 5.32. The number of aromatic nitrogens is 3. The number of nitrogens with zero attached hydrogens (tertiary/aromatic N) is 2. The summed E-state index contributed by atoms with van der Waals surface area (Å²) in [5, 5.41) is 1.77. The summed E-state index contributed by atoms with van der Waals surface area (Å²) in [6, 6.07) is 5.74. The number of nitrogens with one attached hydrogen (secondary N) is 1.